The smallest absolute Gasteiger partial charge is 0.138 e. The van der Waals surface area contributed by atoms with Gasteiger partial charge in [0.2, 0.25) is 0 Å². The number of hydrogen-bond acceptors (Lipinski definition) is 2. The van der Waals surface area contributed by atoms with Crippen LogP contribution in [0.25, 0.3) is 10.8 Å². The summed E-state index contributed by atoms with van der Waals surface area (Å²) in [6.07, 6.45) is 0.804. The number of alkyl halides is 1. The van der Waals surface area contributed by atoms with Crippen molar-refractivity contribution in [2.45, 2.75) is 12.8 Å². The van der Waals surface area contributed by atoms with Crippen molar-refractivity contribution in [1.29, 1.82) is 0 Å². The van der Waals surface area contributed by atoms with Gasteiger partial charge in [-0.2, -0.15) is 0 Å². The molecule has 88 valence electrons. The first kappa shape index (κ1) is 11.9. The number of ketones is 1. The monoisotopic (exact) mass is 248 g/mol. The summed E-state index contributed by atoms with van der Waals surface area (Å²) < 4.78 is 0. The third-order valence-corrected chi connectivity index (χ3v) is 2.89. The Morgan fingerprint density at radius 3 is 2.82 bits per heavy atom. The molecule has 17 heavy (non-hydrogen) atoms. The van der Waals surface area contributed by atoms with Crippen molar-refractivity contribution in [1.82, 2.24) is 0 Å². The van der Waals surface area contributed by atoms with Crippen molar-refractivity contribution >= 4 is 28.2 Å². The highest BCUT2D eigenvalue weighted by Gasteiger charge is 2.05. The molecule has 0 heterocycles. The van der Waals surface area contributed by atoms with Crippen LogP contribution in [0.4, 0.5) is 0 Å². The van der Waals surface area contributed by atoms with Gasteiger partial charge in [-0.3, -0.25) is 4.79 Å². The Kier molecular flexibility index (Phi) is 3.64. The standard InChI is InChI=1S/C14H13ClO2/c15-7-6-12(16)9-10-4-5-13-11(8-10)2-1-3-14(13)17/h1-5,8,17H,6-7,9H2. The summed E-state index contributed by atoms with van der Waals surface area (Å²) in [4.78, 5) is 11.5. The molecule has 0 unspecified atom stereocenters. The Morgan fingerprint density at radius 1 is 1.24 bits per heavy atom. The highest BCUT2D eigenvalue weighted by atomic mass is 35.5. The molecule has 0 spiro atoms. The van der Waals surface area contributed by atoms with Crippen molar-refractivity contribution in [2.24, 2.45) is 0 Å². The van der Waals surface area contributed by atoms with Crippen LogP contribution in [0, 0.1) is 0 Å². The van der Waals surface area contributed by atoms with Crippen LogP contribution in [0.5, 0.6) is 5.75 Å². The maximum Gasteiger partial charge on any atom is 0.138 e. The number of fused-ring (bicyclic) bond motifs is 1. The van der Waals surface area contributed by atoms with E-state index in [-0.39, 0.29) is 11.5 Å². The predicted octanol–water partition coefficient (Wildman–Crippen LogP) is 3.29. The van der Waals surface area contributed by atoms with Gasteiger partial charge in [0.05, 0.1) is 0 Å². The number of aromatic hydroxyl groups is 1. The van der Waals surface area contributed by atoms with Gasteiger partial charge in [0.1, 0.15) is 11.5 Å². The number of phenols is 1. The van der Waals surface area contributed by atoms with Gasteiger partial charge in [-0.1, -0.05) is 30.3 Å². The van der Waals surface area contributed by atoms with Crippen LogP contribution in [0.3, 0.4) is 0 Å². The largest absolute Gasteiger partial charge is 0.507 e. The number of benzene rings is 2. The molecule has 0 amide bonds. The van der Waals surface area contributed by atoms with E-state index in [2.05, 4.69) is 0 Å². The SMILES string of the molecule is O=C(CCCl)Cc1ccc2c(O)cccc2c1. The highest BCUT2D eigenvalue weighted by Crippen LogP contribution is 2.25. The average molecular weight is 249 g/mol. The van der Waals surface area contributed by atoms with E-state index < -0.39 is 0 Å². The van der Waals surface area contributed by atoms with Gasteiger partial charge in [-0.15, -0.1) is 11.6 Å². The zero-order valence-electron chi connectivity index (χ0n) is 9.32. The number of carbonyl (C=O) groups excluding carboxylic acids is 1. The summed E-state index contributed by atoms with van der Waals surface area (Å²) in [5.41, 5.74) is 0.957. The van der Waals surface area contributed by atoms with Crippen LogP contribution in [-0.4, -0.2) is 16.8 Å². The second-order valence-electron chi connectivity index (χ2n) is 3.99. The zero-order chi connectivity index (χ0) is 12.3. The predicted molar refractivity (Wildman–Crippen MR) is 69.7 cm³/mol. The van der Waals surface area contributed by atoms with Crippen molar-refractivity contribution in [3.8, 4) is 5.75 Å². The molecule has 0 bridgehead atoms. The van der Waals surface area contributed by atoms with Crippen LogP contribution in [0.1, 0.15) is 12.0 Å². The molecular formula is C14H13ClO2. The molecule has 2 rings (SSSR count). The number of Topliss-reactive ketones (excluding diaryl/α,β-unsaturated/α-hetero) is 1. The molecular weight excluding hydrogens is 236 g/mol. The molecule has 0 aliphatic carbocycles. The van der Waals surface area contributed by atoms with Crippen LogP contribution < -0.4 is 0 Å². The lowest BCUT2D eigenvalue weighted by atomic mass is 10.0. The van der Waals surface area contributed by atoms with E-state index in [4.69, 9.17) is 11.6 Å². The molecule has 0 saturated carbocycles. The summed E-state index contributed by atoms with van der Waals surface area (Å²) in [6.45, 7) is 0. The fraction of sp³-hybridized carbons (Fsp3) is 0.214. The maximum absolute atomic E-state index is 11.5. The molecule has 0 atom stereocenters. The van der Waals surface area contributed by atoms with Crippen molar-refractivity contribution < 1.29 is 9.90 Å². The first-order valence-electron chi connectivity index (χ1n) is 5.49. The number of phenolic OH excluding ortho intramolecular Hbond substituents is 1. The molecule has 0 aliphatic heterocycles. The minimum atomic E-state index is 0.138. The Labute approximate surface area is 105 Å². The van der Waals surface area contributed by atoms with E-state index in [9.17, 15) is 9.90 Å². The molecule has 3 heteroatoms. The molecule has 0 aromatic heterocycles. The lowest BCUT2D eigenvalue weighted by molar-refractivity contribution is -0.118. The molecule has 1 N–H and O–H groups in total. The van der Waals surface area contributed by atoms with Gasteiger partial charge >= 0.3 is 0 Å². The molecule has 0 aliphatic rings. The molecule has 0 fully saturated rings. The summed E-state index contributed by atoms with van der Waals surface area (Å²) in [7, 11) is 0. The van der Waals surface area contributed by atoms with E-state index >= 15 is 0 Å². The number of hydrogen-bond donors (Lipinski definition) is 1. The second kappa shape index (κ2) is 5.19. The van der Waals surface area contributed by atoms with Crippen LogP contribution in [0.15, 0.2) is 36.4 Å². The van der Waals surface area contributed by atoms with Crippen molar-refractivity contribution in [3.63, 3.8) is 0 Å². The molecule has 2 nitrogen and oxygen atoms in total. The van der Waals surface area contributed by atoms with Crippen LogP contribution >= 0.6 is 11.6 Å². The minimum absolute atomic E-state index is 0.138. The molecule has 2 aromatic carbocycles. The van der Waals surface area contributed by atoms with E-state index in [1.807, 2.05) is 24.3 Å². The summed E-state index contributed by atoms with van der Waals surface area (Å²) >= 11 is 5.52. The Balaban J connectivity index is 2.29. The Morgan fingerprint density at radius 2 is 2.06 bits per heavy atom. The Hall–Kier alpha value is -1.54. The number of halogens is 1. The van der Waals surface area contributed by atoms with Gasteiger partial charge in [0, 0.05) is 24.1 Å². The second-order valence-corrected chi connectivity index (χ2v) is 4.37. The van der Waals surface area contributed by atoms with Crippen LogP contribution in [0.2, 0.25) is 0 Å². The lowest BCUT2D eigenvalue weighted by Gasteiger charge is -2.04. The first-order valence-corrected chi connectivity index (χ1v) is 6.02. The van der Waals surface area contributed by atoms with Gasteiger partial charge in [-0.05, 0) is 17.0 Å². The average Bonchev–Trinajstić information content (AvgIpc) is 2.29. The number of carbonyl (C=O) groups is 1. The van der Waals surface area contributed by atoms with E-state index in [0.29, 0.717) is 18.7 Å². The summed E-state index contributed by atoms with van der Waals surface area (Å²) in [6, 6.07) is 11.0. The van der Waals surface area contributed by atoms with E-state index in [1.54, 1.807) is 12.1 Å². The highest BCUT2D eigenvalue weighted by molar-refractivity contribution is 6.19. The van der Waals surface area contributed by atoms with Gasteiger partial charge in [0.15, 0.2) is 0 Å². The fourth-order valence-corrected chi connectivity index (χ4v) is 2.06. The quantitative estimate of drug-likeness (QED) is 0.843. The Bertz CT molecular complexity index is 549. The minimum Gasteiger partial charge on any atom is -0.507 e. The zero-order valence-corrected chi connectivity index (χ0v) is 10.1. The van der Waals surface area contributed by atoms with Crippen molar-refractivity contribution in [2.75, 3.05) is 5.88 Å². The maximum atomic E-state index is 11.5. The fourth-order valence-electron chi connectivity index (χ4n) is 1.85. The first-order chi connectivity index (χ1) is 8.20. The van der Waals surface area contributed by atoms with Crippen molar-refractivity contribution in [3.05, 3.63) is 42.0 Å². The molecule has 2 aromatic rings. The normalized spacial score (nSPS) is 10.6. The molecule has 0 saturated heterocycles. The van der Waals surface area contributed by atoms with Gasteiger partial charge in [-0.25, -0.2) is 0 Å². The third-order valence-electron chi connectivity index (χ3n) is 2.70. The van der Waals surface area contributed by atoms with Crippen LogP contribution in [-0.2, 0) is 11.2 Å². The van der Waals surface area contributed by atoms with Gasteiger partial charge < -0.3 is 5.11 Å². The lowest BCUT2D eigenvalue weighted by Crippen LogP contribution is -2.02. The third kappa shape index (κ3) is 2.77. The van der Waals surface area contributed by atoms with Gasteiger partial charge in [0.25, 0.3) is 0 Å². The number of rotatable bonds is 4. The summed E-state index contributed by atoms with van der Waals surface area (Å²) in [5, 5.41) is 11.4. The van der Waals surface area contributed by atoms with E-state index in [0.717, 1.165) is 16.3 Å². The van der Waals surface area contributed by atoms with E-state index in [1.165, 1.54) is 0 Å². The topological polar surface area (TPSA) is 37.3 Å². The molecule has 0 radical (unpaired) electrons. The summed E-state index contributed by atoms with van der Waals surface area (Å²) in [5.74, 6) is 0.772.